The quantitative estimate of drug-likeness (QED) is 0.218. The standard InChI is InChI=1S/C19H23ClO5/c20-14-8-10-15(11-9-14)24-12-6-4-2-1-3-5-7-16(21)18-17(22)13-25-19(18)23/h8-11,21H,1-7,12-13H2. The molecule has 0 aliphatic carbocycles. The topological polar surface area (TPSA) is 72.8 Å². The molecule has 1 aromatic carbocycles. The highest BCUT2D eigenvalue weighted by atomic mass is 35.5. The molecule has 1 aromatic rings. The van der Waals surface area contributed by atoms with Crippen LogP contribution in [0.2, 0.25) is 5.02 Å². The van der Waals surface area contributed by atoms with Crippen molar-refractivity contribution in [2.45, 2.75) is 44.9 Å². The summed E-state index contributed by atoms with van der Waals surface area (Å²) in [4.78, 5) is 22.7. The molecule has 1 aliphatic rings. The largest absolute Gasteiger partial charge is 0.511 e. The monoisotopic (exact) mass is 366 g/mol. The lowest BCUT2D eigenvalue weighted by Crippen LogP contribution is -2.05. The van der Waals surface area contributed by atoms with Gasteiger partial charge < -0.3 is 14.6 Å². The molecular formula is C19H23ClO5. The fraction of sp³-hybridized carbons (Fsp3) is 0.474. The Morgan fingerprint density at radius 2 is 1.68 bits per heavy atom. The Hall–Kier alpha value is -2.01. The number of rotatable bonds is 10. The second kappa shape index (κ2) is 10.1. The molecule has 1 fully saturated rings. The number of unbranched alkanes of at least 4 members (excludes halogenated alkanes) is 5. The molecule has 1 heterocycles. The first-order valence-corrected chi connectivity index (χ1v) is 8.96. The van der Waals surface area contributed by atoms with Crippen molar-refractivity contribution in [3.05, 3.63) is 40.6 Å². The predicted octanol–water partition coefficient (Wildman–Crippen LogP) is 4.39. The fourth-order valence-corrected chi connectivity index (χ4v) is 2.74. The third-order valence-electron chi connectivity index (χ3n) is 4.00. The molecule has 25 heavy (non-hydrogen) atoms. The van der Waals surface area contributed by atoms with Gasteiger partial charge in [-0.15, -0.1) is 0 Å². The SMILES string of the molecule is O=C1COC(=O)C1=C(O)CCCCCCCCOc1ccc(Cl)cc1. The summed E-state index contributed by atoms with van der Waals surface area (Å²) >= 11 is 5.81. The van der Waals surface area contributed by atoms with Crippen LogP contribution < -0.4 is 4.74 Å². The number of aliphatic hydroxyl groups is 1. The van der Waals surface area contributed by atoms with Gasteiger partial charge in [0.05, 0.1) is 6.61 Å². The van der Waals surface area contributed by atoms with Crippen LogP contribution >= 0.6 is 11.6 Å². The Kier molecular flexibility index (Phi) is 7.79. The van der Waals surface area contributed by atoms with Crippen LogP contribution in [-0.2, 0) is 14.3 Å². The normalized spacial score (nSPS) is 16.0. The summed E-state index contributed by atoms with van der Waals surface area (Å²) in [5.41, 5.74) is -0.167. The van der Waals surface area contributed by atoms with E-state index in [0.717, 1.165) is 44.3 Å². The number of hydrogen-bond acceptors (Lipinski definition) is 5. The third kappa shape index (κ3) is 6.42. The van der Waals surface area contributed by atoms with Crippen LogP contribution in [0.3, 0.4) is 0 Å². The maximum atomic E-state index is 11.4. The van der Waals surface area contributed by atoms with Crippen molar-refractivity contribution < 1.29 is 24.2 Å². The van der Waals surface area contributed by atoms with Crippen molar-refractivity contribution in [3.8, 4) is 5.75 Å². The van der Waals surface area contributed by atoms with E-state index in [-0.39, 0.29) is 17.9 Å². The van der Waals surface area contributed by atoms with Gasteiger partial charge in [0.25, 0.3) is 0 Å². The molecule has 0 amide bonds. The summed E-state index contributed by atoms with van der Waals surface area (Å²) in [6, 6.07) is 7.32. The van der Waals surface area contributed by atoms with E-state index in [2.05, 4.69) is 4.74 Å². The van der Waals surface area contributed by atoms with Gasteiger partial charge in [-0.05, 0) is 37.1 Å². The van der Waals surface area contributed by atoms with Crippen molar-refractivity contribution in [1.82, 2.24) is 0 Å². The molecule has 0 aromatic heterocycles. The number of ketones is 1. The van der Waals surface area contributed by atoms with E-state index in [1.54, 1.807) is 12.1 Å². The Bertz CT molecular complexity index is 603. The van der Waals surface area contributed by atoms with Gasteiger partial charge in [-0.2, -0.15) is 0 Å². The van der Waals surface area contributed by atoms with E-state index in [1.807, 2.05) is 12.1 Å². The van der Waals surface area contributed by atoms with Gasteiger partial charge in [-0.1, -0.05) is 37.3 Å². The number of carbonyl (C=O) groups excluding carboxylic acids is 2. The van der Waals surface area contributed by atoms with Crippen LogP contribution in [0.25, 0.3) is 0 Å². The van der Waals surface area contributed by atoms with Crippen molar-refractivity contribution in [2.24, 2.45) is 0 Å². The van der Waals surface area contributed by atoms with E-state index in [1.165, 1.54) is 0 Å². The van der Waals surface area contributed by atoms with E-state index in [0.29, 0.717) is 18.1 Å². The van der Waals surface area contributed by atoms with Gasteiger partial charge in [-0.25, -0.2) is 4.79 Å². The molecule has 0 unspecified atom stereocenters. The number of ether oxygens (including phenoxy) is 2. The molecule has 136 valence electrons. The molecular weight excluding hydrogens is 344 g/mol. The summed E-state index contributed by atoms with van der Waals surface area (Å²) in [7, 11) is 0. The van der Waals surface area contributed by atoms with Crippen LogP contribution in [0.15, 0.2) is 35.6 Å². The van der Waals surface area contributed by atoms with Crippen LogP contribution in [-0.4, -0.2) is 30.1 Å². The fourth-order valence-electron chi connectivity index (χ4n) is 2.62. The zero-order valence-corrected chi connectivity index (χ0v) is 14.9. The van der Waals surface area contributed by atoms with E-state index in [9.17, 15) is 14.7 Å². The van der Waals surface area contributed by atoms with Crippen molar-refractivity contribution in [1.29, 1.82) is 0 Å². The number of halogens is 1. The Balaban J connectivity index is 1.49. The minimum absolute atomic E-state index is 0.135. The summed E-state index contributed by atoms with van der Waals surface area (Å²) < 4.78 is 10.2. The highest BCUT2D eigenvalue weighted by Crippen LogP contribution is 2.19. The first kappa shape index (κ1) is 19.3. The molecule has 1 N–H and O–H groups in total. The number of hydrogen-bond donors (Lipinski definition) is 1. The van der Waals surface area contributed by atoms with E-state index < -0.39 is 11.8 Å². The minimum atomic E-state index is -0.705. The number of cyclic esters (lactones) is 1. The minimum Gasteiger partial charge on any atom is -0.511 e. The number of Topliss-reactive ketones (excluding diaryl/α,β-unsaturated/α-hetero) is 1. The molecule has 6 heteroatoms. The van der Waals surface area contributed by atoms with E-state index >= 15 is 0 Å². The molecule has 1 saturated heterocycles. The van der Waals surface area contributed by atoms with Gasteiger partial charge in [-0.3, -0.25) is 4.79 Å². The molecule has 0 atom stereocenters. The highest BCUT2D eigenvalue weighted by molar-refractivity contribution is 6.30. The second-order valence-electron chi connectivity index (χ2n) is 5.99. The van der Waals surface area contributed by atoms with Crippen molar-refractivity contribution >= 4 is 23.4 Å². The maximum absolute atomic E-state index is 11.4. The van der Waals surface area contributed by atoms with Crippen LogP contribution in [0, 0.1) is 0 Å². The number of allylic oxidation sites excluding steroid dienone is 1. The van der Waals surface area contributed by atoms with Crippen LogP contribution in [0.1, 0.15) is 44.9 Å². The van der Waals surface area contributed by atoms with Crippen LogP contribution in [0.5, 0.6) is 5.75 Å². The molecule has 0 radical (unpaired) electrons. The number of esters is 1. The number of benzene rings is 1. The Morgan fingerprint density at radius 1 is 1.04 bits per heavy atom. The van der Waals surface area contributed by atoms with Crippen molar-refractivity contribution in [3.63, 3.8) is 0 Å². The smallest absolute Gasteiger partial charge is 0.345 e. The van der Waals surface area contributed by atoms with Crippen molar-refractivity contribution in [2.75, 3.05) is 13.2 Å². The predicted molar refractivity (Wildman–Crippen MR) is 94.9 cm³/mol. The molecule has 2 rings (SSSR count). The Morgan fingerprint density at radius 3 is 2.32 bits per heavy atom. The average Bonchev–Trinajstić information content (AvgIpc) is 2.93. The zero-order chi connectivity index (χ0) is 18.1. The summed E-state index contributed by atoms with van der Waals surface area (Å²) in [5.74, 6) is -0.442. The summed E-state index contributed by atoms with van der Waals surface area (Å²) in [6.45, 7) is 0.426. The Labute approximate surface area is 152 Å². The summed E-state index contributed by atoms with van der Waals surface area (Å²) in [5, 5.41) is 10.5. The van der Waals surface area contributed by atoms with Gasteiger partial charge in [0.15, 0.2) is 6.61 Å². The first-order valence-electron chi connectivity index (χ1n) is 8.58. The first-order chi connectivity index (χ1) is 12.1. The van der Waals surface area contributed by atoms with E-state index in [4.69, 9.17) is 16.3 Å². The van der Waals surface area contributed by atoms with Gasteiger partial charge in [0, 0.05) is 11.4 Å². The molecule has 0 bridgehead atoms. The molecule has 1 aliphatic heterocycles. The lowest BCUT2D eigenvalue weighted by Gasteiger charge is -2.06. The molecule has 5 nitrogen and oxygen atoms in total. The molecule has 0 saturated carbocycles. The summed E-state index contributed by atoms with van der Waals surface area (Å²) in [6.07, 6.45) is 6.22. The third-order valence-corrected chi connectivity index (χ3v) is 4.25. The number of carbonyl (C=O) groups is 2. The number of aliphatic hydroxyl groups excluding tert-OH is 1. The highest BCUT2D eigenvalue weighted by Gasteiger charge is 2.31. The van der Waals surface area contributed by atoms with Gasteiger partial charge in [0.1, 0.15) is 17.1 Å². The molecule has 0 spiro atoms. The average molecular weight is 367 g/mol. The van der Waals surface area contributed by atoms with Gasteiger partial charge in [0.2, 0.25) is 5.78 Å². The second-order valence-corrected chi connectivity index (χ2v) is 6.43. The maximum Gasteiger partial charge on any atom is 0.345 e. The van der Waals surface area contributed by atoms with Gasteiger partial charge >= 0.3 is 5.97 Å². The lowest BCUT2D eigenvalue weighted by molar-refractivity contribution is -0.135. The zero-order valence-electron chi connectivity index (χ0n) is 14.1. The van der Waals surface area contributed by atoms with Crippen LogP contribution in [0.4, 0.5) is 0 Å². The lowest BCUT2D eigenvalue weighted by atomic mass is 10.1.